The van der Waals surface area contributed by atoms with Crippen molar-refractivity contribution < 1.29 is 4.42 Å². The van der Waals surface area contributed by atoms with Gasteiger partial charge >= 0.3 is 0 Å². The van der Waals surface area contributed by atoms with Crippen LogP contribution in [0.15, 0.2) is 40.5 Å². The summed E-state index contributed by atoms with van der Waals surface area (Å²) in [6, 6.07) is 3.91. The molecule has 0 amide bonds. The van der Waals surface area contributed by atoms with E-state index >= 15 is 0 Å². The Morgan fingerprint density at radius 1 is 1.38 bits per heavy atom. The van der Waals surface area contributed by atoms with Crippen molar-refractivity contribution in [3.05, 3.63) is 36.8 Å². The molecular formula is C15H25N3OS2. The zero-order valence-corrected chi connectivity index (χ0v) is 14.3. The summed E-state index contributed by atoms with van der Waals surface area (Å²) in [6.07, 6.45) is 6.60. The second-order valence-electron chi connectivity index (χ2n) is 4.27. The molecule has 0 spiro atoms. The van der Waals surface area contributed by atoms with Gasteiger partial charge in [-0.1, -0.05) is 6.08 Å². The van der Waals surface area contributed by atoms with Crippen molar-refractivity contribution in [2.45, 2.75) is 6.42 Å². The Hall–Kier alpha value is -1.01. The van der Waals surface area contributed by atoms with Gasteiger partial charge in [0.05, 0.1) is 12.8 Å². The summed E-state index contributed by atoms with van der Waals surface area (Å²) in [5.74, 6) is 4.95. The number of hydrogen-bond acceptors (Lipinski definition) is 4. The normalized spacial score (nSPS) is 11.4. The minimum absolute atomic E-state index is 0.813. The molecule has 4 nitrogen and oxygen atoms in total. The van der Waals surface area contributed by atoms with Gasteiger partial charge in [-0.25, -0.2) is 0 Å². The van der Waals surface area contributed by atoms with Crippen LogP contribution in [0.4, 0.5) is 0 Å². The van der Waals surface area contributed by atoms with Crippen LogP contribution in [-0.2, 0) is 6.42 Å². The highest BCUT2D eigenvalue weighted by Crippen LogP contribution is 2.00. The minimum atomic E-state index is 0.813. The predicted octanol–water partition coefficient (Wildman–Crippen LogP) is 2.64. The average molecular weight is 328 g/mol. The highest BCUT2D eigenvalue weighted by Gasteiger charge is 2.00. The van der Waals surface area contributed by atoms with Crippen LogP contribution in [0.5, 0.6) is 0 Å². The third-order valence-corrected chi connectivity index (χ3v) is 4.14. The standard InChI is InChI=1S/C15H25N3OS2/c1-3-11-21-13-9-18-15(17-8-12-20-2)16-7-6-14-5-4-10-19-14/h3-5,10H,1,6-9,11-13H2,2H3,(H2,16,17,18). The fourth-order valence-electron chi connectivity index (χ4n) is 1.59. The quantitative estimate of drug-likeness (QED) is 0.283. The first kappa shape index (κ1) is 18.0. The topological polar surface area (TPSA) is 49.6 Å². The zero-order chi connectivity index (χ0) is 15.2. The van der Waals surface area contributed by atoms with Gasteiger partial charge in [-0.05, 0) is 18.4 Å². The summed E-state index contributed by atoms with van der Waals surface area (Å²) in [7, 11) is 0. The van der Waals surface area contributed by atoms with Gasteiger partial charge in [0.25, 0.3) is 0 Å². The molecule has 1 aromatic heterocycles. The molecule has 0 aliphatic carbocycles. The van der Waals surface area contributed by atoms with Gasteiger partial charge in [0.2, 0.25) is 0 Å². The molecule has 0 aliphatic heterocycles. The molecule has 1 aromatic rings. The van der Waals surface area contributed by atoms with E-state index in [1.807, 2.05) is 41.7 Å². The summed E-state index contributed by atoms with van der Waals surface area (Å²) >= 11 is 3.67. The van der Waals surface area contributed by atoms with Crippen molar-refractivity contribution >= 4 is 29.5 Å². The van der Waals surface area contributed by atoms with Crippen molar-refractivity contribution in [1.82, 2.24) is 10.6 Å². The van der Waals surface area contributed by atoms with E-state index in [4.69, 9.17) is 4.42 Å². The van der Waals surface area contributed by atoms with Crippen LogP contribution < -0.4 is 10.6 Å². The van der Waals surface area contributed by atoms with E-state index in [0.717, 1.165) is 55.0 Å². The van der Waals surface area contributed by atoms with Crippen molar-refractivity contribution in [3.63, 3.8) is 0 Å². The number of nitrogens with one attached hydrogen (secondary N) is 2. The molecule has 0 saturated carbocycles. The number of hydrogen-bond donors (Lipinski definition) is 2. The second-order valence-corrected chi connectivity index (χ2v) is 6.41. The predicted molar refractivity (Wildman–Crippen MR) is 96.6 cm³/mol. The third-order valence-electron chi connectivity index (χ3n) is 2.58. The summed E-state index contributed by atoms with van der Waals surface area (Å²) in [4.78, 5) is 4.59. The Morgan fingerprint density at radius 3 is 2.95 bits per heavy atom. The summed E-state index contributed by atoms with van der Waals surface area (Å²) in [5.41, 5.74) is 0. The lowest BCUT2D eigenvalue weighted by Crippen LogP contribution is -2.39. The van der Waals surface area contributed by atoms with E-state index in [2.05, 4.69) is 28.5 Å². The minimum Gasteiger partial charge on any atom is -0.469 e. The van der Waals surface area contributed by atoms with Crippen LogP contribution >= 0.6 is 23.5 Å². The van der Waals surface area contributed by atoms with E-state index in [1.54, 1.807) is 6.26 Å². The highest BCUT2D eigenvalue weighted by molar-refractivity contribution is 7.99. The second kappa shape index (κ2) is 12.7. The zero-order valence-electron chi connectivity index (χ0n) is 12.6. The maximum atomic E-state index is 5.32. The van der Waals surface area contributed by atoms with Crippen LogP contribution in [0.3, 0.4) is 0 Å². The van der Waals surface area contributed by atoms with E-state index in [0.29, 0.717) is 0 Å². The Balaban J connectivity index is 2.28. The molecule has 21 heavy (non-hydrogen) atoms. The lowest BCUT2D eigenvalue weighted by molar-refractivity contribution is 0.507. The molecule has 0 bridgehead atoms. The molecule has 0 aliphatic rings. The van der Waals surface area contributed by atoms with Crippen molar-refractivity contribution in [3.8, 4) is 0 Å². The van der Waals surface area contributed by atoms with Crippen LogP contribution in [0, 0.1) is 0 Å². The fourth-order valence-corrected chi connectivity index (χ4v) is 2.45. The van der Waals surface area contributed by atoms with Crippen molar-refractivity contribution in [1.29, 1.82) is 0 Å². The first-order valence-electron chi connectivity index (χ1n) is 7.09. The lowest BCUT2D eigenvalue weighted by Gasteiger charge is -2.11. The van der Waals surface area contributed by atoms with E-state index in [9.17, 15) is 0 Å². The van der Waals surface area contributed by atoms with E-state index < -0.39 is 0 Å². The summed E-state index contributed by atoms with van der Waals surface area (Å²) < 4.78 is 5.32. The van der Waals surface area contributed by atoms with Gasteiger partial charge in [0, 0.05) is 36.8 Å². The number of guanidine groups is 1. The van der Waals surface area contributed by atoms with Gasteiger partial charge in [-0.15, -0.1) is 6.58 Å². The van der Waals surface area contributed by atoms with Gasteiger partial charge in [-0.2, -0.15) is 23.5 Å². The summed E-state index contributed by atoms with van der Waals surface area (Å²) in [6.45, 7) is 6.27. The molecule has 6 heteroatoms. The Labute approximate surface area is 136 Å². The molecule has 1 heterocycles. The first-order valence-corrected chi connectivity index (χ1v) is 9.63. The van der Waals surface area contributed by atoms with Crippen LogP contribution in [0.25, 0.3) is 0 Å². The van der Waals surface area contributed by atoms with Gasteiger partial charge in [-0.3, -0.25) is 4.99 Å². The molecule has 2 N–H and O–H groups in total. The average Bonchev–Trinajstić information content (AvgIpc) is 3.00. The number of rotatable bonds is 11. The Bertz CT molecular complexity index is 394. The van der Waals surface area contributed by atoms with Gasteiger partial charge in [0.1, 0.15) is 5.76 Å². The monoisotopic (exact) mass is 327 g/mol. The maximum Gasteiger partial charge on any atom is 0.191 e. The van der Waals surface area contributed by atoms with E-state index in [1.165, 1.54) is 0 Å². The fraction of sp³-hybridized carbons (Fsp3) is 0.533. The SMILES string of the molecule is C=CCSCCN=C(NCCSC)NCCc1ccco1. The van der Waals surface area contributed by atoms with Gasteiger partial charge < -0.3 is 15.1 Å². The molecule has 118 valence electrons. The molecule has 0 fully saturated rings. The van der Waals surface area contributed by atoms with Gasteiger partial charge in [0.15, 0.2) is 5.96 Å². The molecule has 0 aromatic carbocycles. The van der Waals surface area contributed by atoms with Crippen LogP contribution in [-0.4, -0.2) is 49.1 Å². The van der Waals surface area contributed by atoms with Crippen molar-refractivity contribution in [2.24, 2.45) is 4.99 Å². The Morgan fingerprint density at radius 2 is 2.24 bits per heavy atom. The van der Waals surface area contributed by atoms with Crippen LogP contribution in [0.2, 0.25) is 0 Å². The third kappa shape index (κ3) is 9.52. The van der Waals surface area contributed by atoms with Crippen LogP contribution in [0.1, 0.15) is 5.76 Å². The van der Waals surface area contributed by atoms with Crippen molar-refractivity contribution in [2.75, 3.05) is 43.1 Å². The summed E-state index contributed by atoms with van der Waals surface area (Å²) in [5, 5.41) is 6.70. The smallest absolute Gasteiger partial charge is 0.191 e. The maximum absolute atomic E-state index is 5.32. The number of nitrogens with zero attached hydrogens (tertiary/aromatic N) is 1. The molecule has 1 rings (SSSR count). The highest BCUT2D eigenvalue weighted by atomic mass is 32.2. The Kier molecular flexibility index (Phi) is 10.9. The molecule has 0 unspecified atom stereocenters. The number of aliphatic imine (C=N–C) groups is 1. The van der Waals surface area contributed by atoms with E-state index in [-0.39, 0.29) is 0 Å². The largest absolute Gasteiger partial charge is 0.469 e. The first-order chi connectivity index (χ1) is 10.4. The number of furan rings is 1. The number of thioether (sulfide) groups is 2. The molecule has 0 radical (unpaired) electrons. The lowest BCUT2D eigenvalue weighted by atomic mass is 10.3. The molecule has 0 atom stereocenters. The molecular weight excluding hydrogens is 302 g/mol. The molecule has 0 saturated heterocycles.